The standard InChI is InChI=1S/C11H7Br.3Y/c1-8-6-7-9-4-2-3-5-10(9)11(8)12;;;/h3-5,7H,1H3;;;/q-2;;;. The molecule has 0 atom stereocenters. The van der Waals surface area contributed by atoms with E-state index in [0.717, 1.165) is 10.0 Å². The van der Waals surface area contributed by atoms with Gasteiger partial charge in [0.15, 0.2) is 0 Å². The van der Waals surface area contributed by atoms with Crippen LogP contribution in [0.2, 0.25) is 0 Å². The summed E-state index contributed by atoms with van der Waals surface area (Å²) < 4.78 is 1.13. The zero-order valence-corrected chi connectivity index (χ0v) is 18.5. The zero-order chi connectivity index (χ0) is 8.55. The van der Waals surface area contributed by atoms with Crippen LogP contribution in [-0.4, -0.2) is 0 Å². The van der Waals surface area contributed by atoms with Gasteiger partial charge < -0.3 is 0 Å². The van der Waals surface area contributed by atoms with Gasteiger partial charge in [-0.3, -0.25) is 0 Å². The summed E-state index contributed by atoms with van der Waals surface area (Å²) in [5, 5.41) is 2.40. The van der Waals surface area contributed by atoms with E-state index in [0.29, 0.717) is 0 Å². The van der Waals surface area contributed by atoms with Gasteiger partial charge in [-0.2, -0.15) is 52.7 Å². The van der Waals surface area contributed by atoms with Crippen LogP contribution < -0.4 is 0 Å². The summed E-state index contributed by atoms with van der Waals surface area (Å²) in [7, 11) is 0. The molecule has 15 heavy (non-hydrogen) atoms. The predicted octanol–water partition coefficient (Wildman–Crippen LogP) is 3.50. The van der Waals surface area contributed by atoms with Crippen molar-refractivity contribution in [3.63, 3.8) is 0 Å². The molecular weight excluding hydrogens is 479 g/mol. The number of hydrogen-bond donors (Lipinski definition) is 0. The molecule has 69 valence electrons. The molecule has 0 heterocycles. The largest absolute Gasteiger partial charge is 0.183 e. The summed E-state index contributed by atoms with van der Waals surface area (Å²) in [6.07, 6.45) is 0. The molecule has 0 saturated carbocycles. The van der Waals surface area contributed by atoms with Crippen molar-refractivity contribution in [1.82, 2.24) is 0 Å². The minimum Gasteiger partial charge on any atom is -0.183 e. The Morgan fingerprint density at radius 3 is 2.47 bits per heavy atom. The average Bonchev–Trinajstić information content (AvgIpc) is 2.12. The van der Waals surface area contributed by atoms with E-state index in [1.54, 1.807) is 0 Å². The maximum Gasteiger partial charge on any atom is 0 e. The van der Waals surface area contributed by atoms with Crippen molar-refractivity contribution in [2.45, 2.75) is 6.92 Å². The first-order chi connectivity index (χ1) is 5.79. The van der Waals surface area contributed by atoms with Gasteiger partial charge in [-0.05, 0) is 0 Å². The molecule has 3 radical (unpaired) electrons. The minimum absolute atomic E-state index is 0. The summed E-state index contributed by atoms with van der Waals surface area (Å²) >= 11 is 3.54. The van der Waals surface area contributed by atoms with Crippen LogP contribution in [0.5, 0.6) is 0 Å². The van der Waals surface area contributed by atoms with E-state index in [-0.39, 0.29) is 98.1 Å². The molecule has 0 aliphatic carbocycles. The Labute approximate surface area is 174 Å². The average molecular weight is 486 g/mol. The Bertz CT molecular complexity index is 429. The van der Waals surface area contributed by atoms with Gasteiger partial charge in [0, 0.05) is 98.1 Å². The first kappa shape index (κ1) is 19.8. The molecule has 2 rings (SSSR count). The van der Waals surface area contributed by atoms with Gasteiger partial charge in [0.25, 0.3) is 0 Å². The summed E-state index contributed by atoms with van der Waals surface area (Å²) in [4.78, 5) is 0. The van der Waals surface area contributed by atoms with Gasteiger partial charge in [-0.1, -0.05) is 11.4 Å². The Kier molecular flexibility index (Phi) is 12.5. The van der Waals surface area contributed by atoms with Gasteiger partial charge in [0.1, 0.15) is 0 Å². The van der Waals surface area contributed by atoms with Crippen LogP contribution >= 0.6 is 15.9 Å². The van der Waals surface area contributed by atoms with Gasteiger partial charge >= 0.3 is 0 Å². The topological polar surface area (TPSA) is 0 Å². The van der Waals surface area contributed by atoms with Crippen LogP contribution in [0.25, 0.3) is 10.8 Å². The minimum atomic E-state index is 0. The molecule has 0 spiro atoms. The number of halogens is 1. The van der Waals surface area contributed by atoms with Crippen molar-refractivity contribution < 1.29 is 98.1 Å². The molecule has 0 amide bonds. The Morgan fingerprint density at radius 1 is 1.13 bits per heavy atom. The van der Waals surface area contributed by atoms with E-state index in [1.807, 2.05) is 25.1 Å². The molecule has 2 aromatic carbocycles. The predicted molar refractivity (Wildman–Crippen MR) is 54.1 cm³/mol. The summed E-state index contributed by atoms with van der Waals surface area (Å²) in [5.74, 6) is 0. The second-order valence-corrected chi connectivity index (χ2v) is 3.53. The van der Waals surface area contributed by atoms with Crippen molar-refractivity contribution in [3.8, 4) is 0 Å². The van der Waals surface area contributed by atoms with Gasteiger partial charge in [0.05, 0.1) is 0 Å². The third kappa shape index (κ3) is 4.93. The first-order valence-electron chi connectivity index (χ1n) is 3.75. The molecular formula is C11H7BrY3-2. The van der Waals surface area contributed by atoms with Crippen LogP contribution in [0.4, 0.5) is 0 Å². The second kappa shape index (κ2) is 9.43. The molecule has 0 aliphatic heterocycles. The molecule has 0 N–H and O–H groups in total. The van der Waals surface area contributed by atoms with Crippen molar-refractivity contribution in [3.05, 3.63) is 46.4 Å². The van der Waals surface area contributed by atoms with Crippen molar-refractivity contribution in [2.24, 2.45) is 0 Å². The third-order valence-corrected chi connectivity index (χ3v) is 2.93. The molecule has 2 aromatic rings. The molecule has 0 nitrogen and oxygen atoms in total. The van der Waals surface area contributed by atoms with Crippen LogP contribution in [-0.2, 0) is 98.1 Å². The van der Waals surface area contributed by atoms with Crippen LogP contribution in [0, 0.1) is 19.1 Å². The monoisotopic (exact) mass is 485 g/mol. The van der Waals surface area contributed by atoms with E-state index in [4.69, 9.17) is 0 Å². The van der Waals surface area contributed by atoms with Gasteiger partial charge in [0.2, 0.25) is 0 Å². The third-order valence-electron chi connectivity index (χ3n) is 1.91. The Balaban J connectivity index is 0. The smallest absolute Gasteiger partial charge is 0 e. The summed E-state index contributed by atoms with van der Waals surface area (Å²) in [6.45, 7) is 2.04. The van der Waals surface area contributed by atoms with E-state index in [9.17, 15) is 0 Å². The van der Waals surface area contributed by atoms with Crippen LogP contribution in [0.15, 0.2) is 28.7 Å². The molecule has 0 saturated heterocycles. The molecule has 0 bridgehead atoms. The number of fused-ring (bicyclic) bond motifs is 1. The zero-order valence-electron chi connectivity index (χ0n) is 8.42. The number of rotatable bonds is 0. The maximum absolute atomic E-state index is 3.54. The van der Waals surface area contributed by atoms with Gasteiger partial charge in [-0.15, -0.1) is 15.9 Å². The normalized spacial score (nSPS) is 8.40. The Morgan fingerprint density at radius 2 is 1.80 bits per heavy atom. The molecule has 0 aliphatic rings. The molecule has 0 unspecified atom stereocenters. The summed E-state index contributed by atoms with van der Waals surface area (Å²) in [5.41, 5.74) is 1.15. The quantitative estimate of drug-likeness (QED) is 0.501. The number of aryl methyl sites for hydroxylation is 1. The number of hydrogen-bond acceptors (Lipinski definition) is 0. The molecule has 0 aromatic heterocycles. The van der Waals surface area contributed by atoms with Gasteiger partial charge in [-0.25, -0.2) is 0 Å². The second-order valence-electron chi connectivity index (χ2n) is 2.74. The molecule has 4 heteroatoms. The van der Waals surface area contributed by atoms with Crippen LogP contribution in [0.1, 0.15) is 5.56 Å². The van der Waals surface area contributed by atoms with Crippen molar-refractivity contribution in [1.29, 1.82) is 0 Å². The van der Waals surface area contributed by atoms with E-state index in [1.165, 1.54) is 10.8 Å². The van der Waals surface area contributed by atoms with Crippen LogP contribution in [0.3, 0.4) is 0 Å². The fourth-order valence-corrected chi connectivity index (χ4v) is 1.69. The van der Waals surface area contributed by atoms with E-state index >= 15 is 0 Å². The Hall–Kier alpha value is 2.49. The molecule has 0 fully saturated rings. The maximum atomic E-state index is 3.54. The summed E-state index contributed by atoms with van der Waals surface area (Å²) in [6, 6.07) is 14.2. The fourth-order valence-electron chi connectivity index (χ4n) is 1.21. The SMILES string of the molecule is Cc1[c-]cc2c[c-]ccc2c1Br.[Y].[Y].[Y]. The van der Waals surface area contributed by atoms with Crippen molar-refractivity contribution in [2.75, 3.05) is 0 Å². The van der Waals surface area contributed by atoms with E-state index < -0.39 is 0 Å². The first-order valence-corrected chi connectivity index (χ1v) is 4.55. The van der Waals surface area contributed by atoms with E-state index in [2.05, 4.69) is 34.1 Å². The fraction of sp³-hybridized carbons (Fsp3) is 0.0909. The van der Waals surface area contributed by atoms with Crippen molar-refractivity contribution >= 4 is 26.7 Å². The number of benzene rings is 2.